The Kier molecular flexibility index (Phi) is 9.15. The van der Waals surface area contributed by atoms with E-state index in [4.69, 9.17) is 4.74 Å². The Labute approximate surface area is 189 Å². The van der Waals surface area contributed by atoms with Gasteiger partial charge in [-0.15, -0.1) is 0 Å². The van der Waals surface area contributed by atoms with E-state index in [2.05, 4.69) is 20.0 Å². The number of nitrogens with zero attached hydrogens (tertiary/aromatic N) is 2. The predicted octanol–water partition coefficient (Wildman–Crippen LogP) is 3.58. The maximum Gasteiger partial charge on any atom is 0.305 e. The van der Waals surface area contributed by atoms with Crippen LogP contribution in [0, 0.1) is 0 Å². The summed E-state index contributed by atoms with van der Waals surface area (Å²) in [5.74, 6) is 0.480. The zero-order chi connectivity index (χ0) is 22.6. The van der Waals surface area contributed by atoms with Crippen LogP contribution in [0.3, 0.4) is 0 Å². The zero-order valence-electron chi connectivity index (χ0n) is 17.5. The number of anilines is 1. The van der Waals surface area contributed by atoms with Gasteiger partial charge in [0.05, 0.1) is 24.0 Å². The smallest absolute Gasteiger partial charge is 0.305 e. The van der Waals surface area contributed by atoms with Crippen molar-refractivity contribution in [3.05, 3.63) is 78.8 Å². The third-order valence-electron chi connectivity index (χ3n) is 4.55. The van der Waals surface area contributed by atoms with Crippen molar-refractivity contribution in [2.24, 2.45) is 0 Å². The summed E-state index contributed by atoms with van der Waals surface area (Å²) in [6.07, 6.45) is 6.49. The molecule has 3 rings (SSSR count). The van der Waals surface area contributed by atoms with E-state index in [0.717, 1.165) is 25.2 Å². The van der Waals surface area contributed by atoms with Crippen molar-refractivity contribution < 1.29 is 18.8 Å². The van der Waals surface area contributed by atoms with Gasteiger partial charge in [0, 0.05) is 25.1 Å². The highest BCUT2D eigenvalue weighted by Crippen LogP contribution is 2.20. The summed E-state index contributed by atoms with van der Waals surface area (Å²) in [6, 6.07) is 15.6. The second-order valence-corrected chi connectivity index (χ2v) is 8.24. The number of unbranched alkanes of at least 4 members (excludes halogenated alkanes) is 1. The predicted molar refractivity (Wildman–Crippen MR) is 123 cm³/mol. The Morgan fingerprint density at radius 1 is 1.09 bits per heavy atom. The molecule has 2 heterocycles. The van der Waals surface area contributed by atoms with Gasteiger partial charge in [0.25, 0.3) is 0 Å². The standard InChI is InChI=1S/C23H26N4O4S/c28-23(29)16-21(18-7-6-11-24-17-18)27-32(30)20-9-5-8-19(15-20)31-14-4-3-13-26-22-10-1-2-12-25-22/h1-2,5-12,15,17,21,27H,3-4,13-14,16H2,(H,25,26)(H,28,29). The number of rotatable bonds is 13. The number of hydrogen-bond acceptors (Lipinski definition) is 6. The van der Waals surface area contributed by atoms with Gasteiger partial charge in [0.2, 0.25) is 0 Å². The molecule has 0 aliphatic rings. The first kappa shape index (κ1) is 23.4. The van der Waals surface area contributed by atoms with Crippen LogP contribution in [0.4, 0.5) is 5.82 Å². The van der Waals surface area contributed by atoms with Crippen LogP contribution in [0.25, 0.3) is 0 Å². The largest absolute Gasteiger partial charge is 0.494 e. The second-order valence-electron chi connectivity index (χ2n) is 7.00. The van der Waals surface area contributed by atoms with Crippen LogP contribution in [-0.2, 0) is 15.8 Å². The number of pyridine rings is 2. The van der Waals surface area contributed by atoms with E-state index in [1.807, 2.05) is 24.3 Å². The van der Waals surface area contributed by atoms with E-state index >= 15 is 0 Å². The molecule has 168 valence electrons. The molecular formula is C23H26N4O4S. The van der Waals surface area contributed by atoms with E-state index in [1.165, 1.54) is 0 Å². The molecule has 0 aliphatic heterocycles. The Bertz CT molecular complexity index is 1010. The lowest BCUT2D eigenvalue weighted by Crippen LogP contribution is -2.26. The fourth-order valence-corrected chi connectivity index (χ4v) is 4.00. The van der Waals surface area contributed by atoms with Crippen LogP contribution in [0.2, 0.25) is 0 Å². The number of hydrogen-bond donors (Lipinski definition) is 3. The molecule has 32 heavy (non-hydrogen) atoms. The normalized spacial score (nSPS) is 12.6. The van der Waals surface area contributed by atoms with Crippen LogP contribution < -0.4 is 14.8 Å². The summed E-state index contributed by atoms with van der Waals surface area (Å²) in [5, 5.41) is 12.5. The number of nitrogens with one attached hydrogen (secondary N) is 2. The van der Waals surface area contributed by atoms with Crippen molar-refractivity contribution in [3.63, 3.8) is 0 Å². The highest BCUT2D eigenvalue weighted by Gasteiger charge is 2.19. The number of benzene rings is 1. The minimum absolute atomic E-state index is 0.208. The summed E-state index contributed by atoms with van der Waals surface area (Å²) < 4.78 is 21.5. The highest BCUT2D eigenvalue weighted by molar-refractivity contribution is 7.83. The third kappa shape index (κ3) is 7.75. The third-order valence-corrected chi connectivity index (χ3v) is 5.73. The van der Waals surface area contributed by atoms with Crippen LogP contribution in [-0.4, -0.2) is 38.4 Å². The van der Waals surface area contributed by atoms with Crippen LogP contribution in [0.15, 0.2) is 78.1 Å². The van der Waals surface area contributed by atoms with Crippen molar-refractivity contribution in [1.29, 1.82) is 0 Å². The molecule has 2 unspecified atom stereocenters. The van der Waals surface area contributed by atoms with E-state index in [1.54, 1.807) is 48.9 Å². The highest BCUT2D eigenvalue weighted by atomic mass is 32.2. The lowest BCUT2D eigenvalue weighted by atomic mass is 10.1. The van der Waals surface area contributed by atoms with Crippen molar-refractivity contribution >= 4 is 22.8 Å². The van der Waals surface area contributed by atoms with Gasteiger partial charge in [-0.3, -0.25) is 9.78 Å². The Balaban J connectivity index is 1.48. The first-order valence-corrected chi connectivity index (χ1v) is 11.4. The Morgan fingerprint density at radius 3 is 2.75 bits per heavy atom. The van der Waals surface area contributed by atoms with Crippen molar-refractivity contribution in [3.8, 4) is 5.75 Å². The van der Waals surface area contributed by atoms with Gasteiger partial charge in [0.15, 0.2) is 0 Å². The molecule has 2 atom stereocenters. The number of carboxylic acid groups (broad SMARTS) is 1. The van der Waals surface area contributed by atoms with Crippen molar-refractivity contribution in [2.45, 2.75) is 30.2 Å². The zero-order valence-corrected chi connectivity index (χ0v) is 18.3. The Morgan fingerprint density at radius 2 is 2.00 bits per heavy atom. The monoisotopic (exact) mass is 454 g/mol. The molecule has 0 saturated carbocycles. The fraction of sp³-hybridized carbons (Fsp3) is 0.261. The summed E-state index contributed by atoms with van der Waals surface area (Å²) in [4.78, 5) is 20.0. The maximum absolute atomic E-state index is 12.8. The van der Waals surface area contributed by atoms with Gasteiger partial charge < -0.3 is 15.2 Å². The summed E-state index contributed by atoms with van der Waals surface area (Å²) in [7, 11) is -1.61. The van der Waals surface area contributed by atoms with Crippen LogP contribution in [0.5, 0.6) is 5.75 Å². The average Bonchev–Trinajstić information content (AvgIpc) is 2.82. The molecule has 9 heteroatoms. The summed E-state index contributed by atoms with van der Waals surface area (Å²) in [5.41, 5.74) is 0.662. The molecule has 0 saturated heterocycles. The van der Waals surface area contributed by atoms with E-state index in [-0.39, 0.29) is 6.42 Å². The fourth-order valence-electron chi connectivity index (χ4n) is 2.96. The maximum atomic E-state index is 12.8. The number of carboxylic acids is 1. The SMILES string of the molecule is O=C(O)CC(NS(=O)c1cccc(OCCCCNc2ccccn2)c1)c1cccnc1. The minimum Gasteiger partial charge on any atom is -0.494 e. The van der Waals surface area contributed by atoms with Gasteiger partial charge in [0.1, 0.15) is 22.6 Å². The molecule has 0 bridgehead atoms. The van der Waals surface area contributed by atoms with Gasteiger partial charge in [-0.05, 0) is 54.8 Å². The van der Waals surface area contributed by atoms with Crippen LogP contribution >= 0.6 is 0 Å². The average molecular weight is 455 g/mol. The lowest BCUT2D eigenvalue weighted by Gasteiger charge is -2.16. The molecule has 0 amide bonds. The number of aromatic nitrogens is 2. The first-order valence-electron chi connectivity index (χ1n) is 10.3. The lowest BCUT2D eigenvalue weighted by molar-refractivity contribution is -0.137. The van der Waals surface area contributed by atoms with Gasteiger partial charge in [-0.25, -0.2) is 13.9 Å². The summed E-state index contributed by atoms with van der Waals surface area (Å²) in [6.45, 7) is 1.33. The van der Waals surface area contributed by atoms with E-state index in [9.17, 15) is 14.1 Å². The van der Waals surface area contributed by atoms with Gasteiger partial charge in [-0.1, -0.05) is 18.2 Å². The molecule has 8 nitrogen and oxygen atoms in total. The van der Waals surface area contributed by atoms with E-state index < -0.39 is 23.0 Å². The van der Waals surface area contributed by atoms with Crippen molar-refractivity contribution in [2.75, 3.05) is 18.5 Å². The van der Waals surface area contributed by atoms with Gasteiger partial charge in [-0.2, -0.15) is 0 Å². The molecule has 3 aromatic rings. The number of carbonyl (C=O) groups is 1. The molecule has 0 aliphatic carbocycles. The molecule has 3 N–H and O–H groups in total. The molecule has 0 spiro atoms. The minimum atomic E-state index is -1.61. The molecule has 2 aromatic heterocycles. The first-order chi connectivity index (χ1) is 15.6. The molecule has 0 radical (unpaired) electrons. The Hall–Kier alpha value is -3.30. The van der Waals surface area contributed by atoms with E-state index in [0.29, 0.717) is 22.8 Å². The molecular weight excluding hydrogens is 428 g/mol. The topological polar surface area (TPSA) is 113 Å². The summed E-state index contributed by atoms with van der Waals surface area (Å²) >= 11 is 0. The molecule has 1 aromatic carbocycles. The van der Waals surface area contributed by atoms with Gasteiger partial charge >= 0.3 is 5.97 Å². The van der Waals surface area contributed by atoms with Crippen molar-refractivity contribution in [1.82, 2.24) is 14.7 Å². The number of ether oxygens (including phenoxy) is 1. The molecule has 0 fully saturated rings. The quantitative estimate of drug-likeness (QED) is 0.338. The second kappa shape index (κ2) is 12.5. The number of aliphatic carboxylic acids is 1. The van der Waals surface area contributed by atoms with Crippen LogP contribution in [0.1, 0.15) is 30.9 Å².